The zero-order valence-corrected chi connectivity index (χ0v) is 12.3. The van der Waals surface area contributed by atoms with Gasteiger partial charge >= 0.3 is 0 Å². The number of ether oxygens (including phenoxy) is 2. The van der Waals surface area contributed by atoms with Crippen molar-refractivity contribution < 1.29 is 29.6 Å². The highest BCUT2D eigenvalue weighted by atomic mass is 16.7. The maximum absolute atomic E-state index is 11.3. The number of carbonyl (C=O) groups is 1. The Morgan fingerprint density at radius 2 is 1.90 bits per heavy atom. The normalized spacial score (nSPS) is 38.2. The highest BCUT2D eigenvalue weighted by molar-refractivity contribution is 5.73. The minimum Gasteiger partial charge on any atom is -0.394 e. The lowest BCUT2D eigenvalue weighted by Crippen LogP contribution is -2.65. The van der Waals surface area contributed by atoms with Crippen molar-refractivity contribution in [2.45, 2.75) is 75.8 Å². The molecule has 0 unspecified atom stereocenters. The van der Waals surface area contributed by atoms with Crippen LogP contribution in [0.3, 0.4) is 0 Å². The van der Waals surface area contributed by atoms with Crippen LogP contribution in [0.1, 0.15) is 39.0 Å². The quantitative estimate of drug-likeness (QED) is 0.546. The zero-order chi connectivity index (χ0) is 15.4. The third-order valence-corrected chi connectivity index (χ3v) is 4.13. The molecule has 5 atom stereocenters. The molecule has 2 fully saturated rings. The first-order valence-electron chi connectivity index (χ1n) is 7.58. The zero-order valence-electron chi connectivity index (χ0n) is 12.3. The minimum absolute atomic E-state index is 0.0155. The van der Waals surface area contributed by atoms with Crippen molar-refractivity contribution in [1.82, 2.24) is 5.32 Å². The van der Waals surface area contributed by atoms with E-state index in [-0.39, 0.29) is 12.0 Å². The molecule has 1 amide bonds. The molecule has 0 radical (unpaired) electrons. The maximum atomic E-state index is 11.3. The van der Waals surface area contributed by atoms with E-state index < -0.39 is 37.3 Å². The highest BCUT2D eigenvalue weighted by Crippen LogP contribution is 2.27. The molecule has 1 aliphatic carbocycles. The molecule has 1 heterocycles. The van der Waals surface area contributed by atoms with Gasteiger partial charge in [0.15, 0.2) is 6.29 Å². The third-order valence-electron chi connectivity index (χ3n) is 4.13. The Morgan fingerprint density at radius 3 is 2.48 bits per heavy atom. The van der Waals surface area contributed by atoms with Gasteiger partial charge in [0.1, 0.15) is 24.4 Å². The number of aliphatic hydroxyl groups is 3. The van der Waals surface area contributed by atoms with Crippen molar-refractivity contribution in [3.05, 3.63) is 0 Å². The third kappa shape index (κ3) is 4.14. The molecule has 0 aromatic heterocycles. The standard InChI is InChI=1S/C14H25NO6/c1-8(17)15-11-13(19)12(18)10(7-16)21-14(11)20-9-5-3-2-4-6-9/h9-14,16,18-19H,2-7H2,1H3,(H,15,17)/t10-,11-,12+,13-,14-/m1/s1. The second-order valence-corrected chi connectivity index (χ2v) is 5.83. The average molecular weight is 303 g/mol. The number of aliphatic hydroxyl groups excluding tert-OH is 3. The molecule has 1 saturated heterocycles. The van der Waals surface area contributed by atoms with Crippen LogP contribution in [0.5, 0.6) is 0 Å². The van der Waals surface area contributed by atoms with Crippen molar-refractivity contribution in [2.24, 2.45) is 0 Å². The summed E-state index contributed by atoms with van der Waals surface area (Å²) in [7, 11) is 0. The molecule has 0 bridgehead atoms. The van der Waals surface area contributed by atoms with Crippen molar-refractivity contribution in [1.29, 1.82) is 0 Å². The number of amides is 1. The van der Waals surface area contributed by atoms with E-state index in [4.69, 9.17) is 9.47 Å². The van der Waals surface area contributed by atoms with Gasteiger partial charge in [-0.2, -0.15) is 0 Å². The molecule has 0 aromatic rings. The number of carbonyl (C=O) groups excluding carboxylic acids is 1. The Hall–Kier alpha value is -0.730. The Labute approximate surface area is 124 Å². The second kappa shape index (κ2) is 7.51. The Kier molecular flexibility index (Phi) is 5.95. The van der Waals surface area contributed by atoms with Gasteiger partial charge in [0.05, 0.1) is 12.7 Å². The van der Waals surface area contributed by atoms with Crippen LogP contribution in [-0.4, -0.2) is 64.6 Å². The molecule has 7 nitrogen and oxygen atoms in total. The smallest absolute Gasteiger partial charge is 0.217 e. The van der Waals surface area contributed by atoms with Crippen LogP contribution < -0.4 is 5.32 Å². The van der Waals surface area contributed by atoms with Crippen LogP contribution in [0.4, 0.5) is 0 Å². The molecule has 21 heavy (non-hydrogen) atoms. The molecular formula is C14H25NO6. The SMILES string of the molecule is CC(=O)N[C@H]1[C@H](OC2CCCCC2)O[C@H](CO)[C@H](O)[C@@H]1O. The van der Waals surface area contributed by atoms with Gasteiger partial charge in [-0.25, -0.2) is 0 Å². The van der Waals surface area contributed by atoms with Crippen molar-refractivity contribution in [3.8, 4) is 0 Å². The van der Waals surface area contributed by atoms with Crippen molar-refractivity contribution >= 4 is 5.91 Å². The van der Waals surface area contributed by atoms with Crippen molar-refractivity contribution in [3.63, 3.8) is 0 Å². The lowest BCUT2D eigenvalue weighted by atomic mass is 9.95. The van der Waals surface area contributed by atoms with Gasteiger partial charge in [0.2, 0.25) is 5.91 Å². The summed E-state index contributed by atoms with van der Waals surface area (Å²) >= 11 is 0. The molecule has 4 N–H and O–H groups in total. The van der Waals surface area contributed by atoms with Crippen LogP contribution >= 0.6 is 0 Å². The van der Waals surface area contributed by atoms with E-state index in [1.54, 1.807) is 0 Å². The van der Waals surface area contributed by atoms with Crippen LogP contribution in [0.2, 0.25) is 0 Å². The predicted octanol–water partition coefficient (Wildman–Crippen LogP) is -0.721. The molecular weight excluding hydrogens is 278 g/mol. The Morgan fingerprint density at radius 1 is 1.24 bits per heavy atom. The lowest BCUT2D eigenvalue weighted by molar-refractivity contribution is -0.283. The van der Waals surface area contributed by atoms with Crippen molar-refractivity contribution in [2.75, 3.05) is 6.61 Å². The van der Waals surface area contributed by atoms with Gasteiger partial charge in [0, 0.05) is 6.92 Å². The maximum Gasteiger partial charge on any atom is 0.217 e. The summed E-state index contributed by atoms with van der Waals surface area (Å²) in [6, 6.07) is -0.845. The summed E-state index contributed by atoms with van der Waals surface area (Å²) in [6.07, 6.45) is 0.887. The summed E-state index contributed by atoms with van der Waals surface area (Å²) in [6.45, 7) is 0.907. The van der Waals surface area contributed by atoms with E-state index in [0.717, 1.165) is 25.7 Å². The molecule has 2 aliphatic rings. The van der Waals surface area contributed by atoms with Crippen LogP contribution in [0.15, 0.2) is 0 Å². The number of nitrogens with one attached hydrogen (secondary N) is 1. The first kappa shape index (κ1) is 16.6. The second-order valence-electron chi connectivity index (χ2n) is 5.83. The molecule has 7 heteroatoms. The monoisotopic (exact) mass is 303 g/mol. The first-order chi connectivity index (χ1) is 10.0. The Bertz CT molecular complexity index is 346. The number of rotatable bonds is 4. The van der Waals surface area contributed by atoms with E-state index in [1.165, 1.54) is 13.3 Å². The van der Waals surface area contributed by atoms with Crippen LogP contribution in [0, 0.1) is 0 Å². The van der Waals surface area contributed by atoms with E-state index >= 15 is 0 Å². The van der Waals surface area contributed by atoms with Gasteiger partial charge in [-0.3, -0.25) is 4.79 Å². The summed E-state index contributed by atoms with van der Waals surface area (Å²) in [5, 5.41) is 31.9. The molecule has 0 spiro atoms. The van der Waals surface area contributed by atoms with E-state index in [2.05, 4.69) is 5.32 Å². The molecule has 0 aromatic carbocycles. The fourth-order valence-electron chi connectivity index (χ4n) is 2.98. The fraction of sp³-hybridized carbons (Fsp3) is 0.929. The van der Waals surface area contributed by atoms with E-state index in [0.29, 0.717) is 0 Å². The minimum atomic E-state index is -1.27. The summed E-state index contributed by atoms with van der Waals surface area (Å²) in [5.41, 5.74) is 0. The van der Waals surface area contributed by atoms with Gasteiger partial charge < -0.3 is 30.1 Å². The lowest BCUT2D eigenvalue weighted by Gasteiger charge is -2.43. The molecule has 122 valence electrons. The Balaban J connectivity index is 2.06. The van der Waals surface area contributed by atoms with Gasteiger partial charge in [-0.1, -0.05) is 19.3 Å². The van der Waals surface area contributed by atoms with E-state index in [1.807, 2.05) is 0 Å². The summed E-state index contributed by atoms with van der Waals surface area (Å²) in [4.78, 5) is 11.3. The fourth-order valence-corrected chi connectivity index (χ4v) is 2.98. The van der Waals surface area contributed by atoms with Gasteiger partial charge in [-0.15, -0.1) is 0 Å². The number of hydrogen-bond donors (Lipinski definition) is 4. The number of hydrogen-bond acceptors (Lipinski definition) is 6. The van der Waals surface area contributed by atoms with E-state index in [9.17, 15) is 20.1 Å². The van der Waals surface area contributed by atoms with Gasteiger partial charge in [0.25, 0.3) is 0 Å². The predicted molar refractivity (Wildman–Crippen MR) is 73.3 cm³/mol. The average Bonchev–Trinajstić information content (AvgIpc) is 2.47. The molecule has 1 saturated carbocycles. The van der Waals surface area contributed by atoms with Crippen LogP contribution in [0.25, 0.3) is 0 Å². The largest absolute Gasteiger partial charge is 0.394 e. The topological polar surface area (TPSA) is 108 Å². The van der Waals surface area contributed by atoms with Crippen LogP contribution in [-0.2, 0) is 14.3 Å². The highest BCUT2D eigenvalue weighted by Gasteiger charge is 2.46. The summed E-state index contributed by atoms with van der Waals surface area (Å²) < 4.78 is 11.4. The van der Waals surface area contributed by atoms with Gasteiger partial charge in [-0.05, 0) is 12.8 Å². The first-order valence-corrected chi connectivity index (χ1v) is 7.58. The molecule has 2 rings (SSSR count). The molecule has 1 aliphatic heterocycles. The summed E-state index contributed by atoms with van der Waals surface area (Å²) in [5.74, 6) is -0.338.